The zero-order valence-corrected chi connectivity index (χ0v) is 12.0. The fourth-order valence-corrected chi connectivity index (χ4v) is 3.12. The molecule has 3 heteroatoms. The third kappa shape index (κ3) is 3.40. The van der Waals surface area contributed by atoms with Gasteiger partial charge in [0.1, 0.15) is 0 Å². The smallest absolute Gasteiger partial charge is 0.223 e. The summed E-state index contributed by atoms with van der Waals surface area (Å²) in [6.45, 7) is 2.81. The maximum atomic E-state index is 12.2. The molecule has 1 aliphatic heterocycles. The molecule has 0 unspecified atom stereocenters. The number of benzene rings is 1. The maximum Gasteiger partial charge on any atom is 0.223 e. The van der Waals surface area contributed by atoms with E-state index in [0.29, 0.717) is 5.41 Å². The zero-order valence-electron chi connectivity index (χ0n) is 12.0. The Hall–Kier alpha value is -1.35. The SMILES string of the molecule is O=C(NCC1(Cc2ccccc2)CC1)C1CCNCC1. The first-order valence-electron chi connectivity index (χ1n) is 7.80. The van der Waals surface area contributed by atoms with Crippen molar-refractivity contribution < 1.29 is 4.79 Å². The Morgan fingerprint density at radius 1 is 1.20 bits per heavy atom. The lowest BCUT2D eigenvalue weighted by molar-refractivity contribution is -0.126. The monoisotopic (exact) mass is 272 g/mol. The second kappa shape index (κ2) is 5.96. The van der Waals surface area contributed by atoms with Crippen molar-refractivity contribution in [2.45, 2.75) is 32.1 Å². The average Bonchev–Trinajstić information content (AvgIpc) is 3.27. The van der Waals surface area contributed by atoms with Gasteiger partial charge >= 0.3 is 0 Å². The molecular weight excluding hydrogens is 248 g/mol. The van der Waals surface area contributed by atoms with Gasteiger partial charge < -0.3 is 10.6 Å². The van der Waals surface area contributed by atoms with Gasteiger partial charge in [0.05, 0.1) is 0 Å². The minimum atomic E-state index is 0.226. The van der Waals surface area contributed by atoms with Gasteiger partial charge in [0.2, 0.25) is 5.91 Å². The molecule has 0 bridgehead atoms. The molecule has 0 atom stereocenters. The van der Waals surface area contributed by atoms with Crippen molar-refractivity contribution in [2.75, 3.05) is 19.6 Å². The molecule has 2 aliphatic rings. The van der Waals surface area contributed by atoms with Crippen LogP contribution in [0.25, 0.3) is 0 Å². The van der Waals surface area contributed by atoms with Gasteiger partial charge in [-0.25, -0.2) is 0 Å². The van der Waals surface area contributed by atoms with Gasteiger partial charge in [0.25, 0.3) is 0 Å². The molecule has 108 valence electrons. The number of nitrogens with one attached hydrogen (secondary N) is 2. The topological polar surface area (TPSA) is 41.1 Å². The van der Waals surface area contributed by atoms with Crippen molar-refractivity contribution in [3.05, 3.63) is 35.9 Å². The van der Waals surface area contributed by atoms with Gasteiger partial charge in [-0.15, -0.1) is 0 Å². The van der Waals surface area contributed by atoms with Crippen molar-refractivity contribution >= 4 is 5.91 Å². The molecule has 1 amide bonds. The van der Waals surface area contributed by atoms with E-state index in [2.05, 4.69) is 41.0 Å². The van der Waals surface area contributed by atoms with Crippen molar-refractivity contribution in [1.29, 1.82) is 0 Å². The van der Waals surface area contributed by atoms with Crippen LogP contribution in [0.3, 0.4) is 0 Å². The molecule has 2 N–H and O–H groups in total. The van der Waals surface area contributed by atoms with E-state index in [1.165, 1.54) is 18.4 Å². The Bertz CT molecular complexity index is 447. The summed E-state index contributed by atoms with van der Waals surface area (Å²) in [6.07, 6.45) is 5.55. The lowest BCUT2D eigenvalue weighted by atomic mass is 9.94. The van der Waals surface area contributed by atoms with E-state index >= 15 is 0 Å². The Labute approximate surface area is 121 Å². The second-order valence-corrected chi connectivity index (χ2v) is 6.40. The van der Waals surface area contributed by atoms with E-state index in [1.807, 2.05) is 0 Å². The fraction of sp³-hybridized carbons (Fsp3) is 0.588. The highest BCUT2D eigenvalue weighted by Crippen LogP contribution is 2.47. The second-order valence-electron chi connectivity index (χ2n) is 6.40. The standard InChI is InChI=1S/C17H24N2O/c20-16(15-6-10-18-11-7-15)19-13-17(8-9-17)12-14-4-2-1-3-5-14/h1-5,15,18H,6-13H2,(H,19,20). The number of piperidine rings is 1. The molecule has 1 aromatic rings. The molecule has 0 spiro atoms. The summed E-state index contributed by atoms with van der Waals surface area (Å²) in [5, 5.41) is 6.52. The third-order valence-corrected chi connectivity index (χ3v) is 4.73. The highest BCUT2D eigenvalue weighted by molar-refractivity contribution is 5.78. The van der Waals surface area contributed by atoms with Gasteiger partial charge in [-0.05, 0) is 56.2 Å². The quantitative estimate of drug-likeness (QED) is 0.862. The maximum absolute atomic E-state index is 12.2. The van der Waals surface area contributed by atoms with Crippen LogP contribution >= 0.6 is 0 Å². The van der Waals surface area contributed by atoms with Gasteiger partial charge in [-0.2, -0.15) is 0 Å². The van der Waals surface area contributed by atoms with Crippen LogP contribution in [0.15, 0.2) is 30.3 Å². The fourth-order valence-electron chi connectivity index (χ4n) is 3.12. The first-order valence-corrected chi connectivity index (χ1v) is 7.80. The Kier molecular flexibility index (Phi) is 4.06. The van der Waals surface area contributed by atoms with Gasteiger partial charge in [-0.3, -0.25) is 4.79 Å². The van der Waals surface area contributed by atoms with Gasteiger partial charge in [0, 0.05) is 12.5 Å². The van der Waals surface area contributed by atoms with Crippen LogP contribution in [0.1, 0.15) is 31.2 Å². The van der Waals surface area contributed by atoms with Crippen molar-refractivity contribution in [2.24, 2.45) is 11.3 Å². The molecule has 3 nitrogen and oxygen atoms in total. The summed E-state index contributed by atoms with van der Waals surface area (Å²) in [7, 11) is 0. The highest BCUT2D eigenvalue weighted by Gasteiger charge is 2.42. The van der Waals surface area contributed by atoms with Crippen LogP contribution in [0, 0.1) is 11.3 Å². The molecule has 1 aliphatic carbocycles. The molecule has 0 radical (unpaired) electrons. The summed E-state index contributed by atoms with van der Waals surface area (Å²) < 4.78 is 0. The number of rotatable bonds is 5. The summed E-state index contributed by atoms with van der Waals surface area (Å²) in [6, 6.07) is 10.6. The van der Waals surface area contributed by atoms with Gasteiger partial charge in [-0.1, -0.05) is 30.3 Å². The third-order valence-electron chi connectivity index (χ3n) is 4.73. The lowest BCUT2D eigenvalue weighted by Gasteiger charge is -2.23. The Morgan fingerprint density at radius 3 is 2.55 bits per heavy atom. The first-order chi connectivity index (χ1) is 9.77. The summed E-state index contributed by atoms with van der Waals surface area (Å²) in [5.74, 6) is 0.495. The van der Waals surface area contributed by atoms with E-state index in [9.17, 15) is 4.79 Å². The molecule has 0 aromatic heterocycles. The minimum Gasteiger partial charge on any atom is -0.355 e. The lowest BCUT2D eigenvalue weighted by Crippen LogP contribution is -2.40. The van der Waals surface area contributed by atoms with Crippen LogP contribution in [0.2, 0.25) is 0 Å². The minimum absolute atomic E-state index is 0.226. The Balaban J connectivity index is 1.49. The van der Waals surface area contributed by atoms with E-state index in [4.69, 9.17) is 0 Å². The molecule has 3 rings (SSSR count). The van der Waals surface area contributed by atoms with Crippen molar-refractivity contribution in [3.63, 3.8) is 0 Å². The number of carbonyl (C=O) groups excluding carboxylic acids is 1. The molecule has 1 heterocycles. The van der Waals surface area contributed by atoms with E-state index in [1.54, 1.807) is 0 Å². The zero-order chi connectivity index (χ0) is 13.8. The molecule has 1 aromatic carbocycles. The molecular formula is C17H24N2O. The summed E-state index contributed by atoms with van der Waals surface area (Å²) >= 11 is 0. The van der Waals surface area contributed by atoms with Crippen LogP contribution in [-0.4, -0.2) is 25.5 Å². The van der Waals surface area contributed by atoms with E-state index in [-0.39, 0.29) is 11.8 Å². The number of carbonyl (C=O) groups is 1. The van der Waals surface area contributed by atoms with Gasteiger partial charge in [0.15, 0.2) is 0 Å². The summed E-state index contributed by atoms with van der Waals surface area (Å²) in [4.78, 5) is 12.2. The van der Waals surface area contributed by atoms with Crippen molar-refractivity contribution in [3.8, 4) is 0 Å². The molecule has 1 saturated carbocycles. The van der Waals surface area contributed by atoms with Crippen LogP contribution in [0.5, 0.6) is 0 Å². The largest absolute Gasteiger partial charge is 0.355 e. The average molecular weight is 272 g/mol. The number of hydrogen-bond donors (Lipinski definition) is 2. The highest BCUT2D eigenvalue weighted by atomic mass is 16.1. The predicted octanol–water partition coefficient (Wildman–Crippen LogP) is 2.13. The van der Waals surface area contributed by atoms with Crippen molar-refractivity contribution in [1.82, 2.24) is 10.6 Å². The Morgan fingerprint density at radius 2 is 1.90 bits per heavy atom. The normalized spacial score (nSPS) is 21.4. The van der Waals surface area contributed by atoms with Crippen LogP contribution in [0.4, 0.5) is 0 Å². The summed E-state index contributed by atoms with van der Waals surface area (Å²) in [5.41, 5.74) is 1.73. The molecule has 2 fully saturated rings. The number of amides is 1. The molecule has 20 heavy (non-hydrogen) atoms. The molecule has 1 saturated heterocycles. The van der Waals surface area contributed by atoms with Crippen LogP contribution < -0.4 is 10.6 Å². The predicted molar refractivity (Wildman–Crippen MR) is 80.4 cm³/mol. The van der Waals surface area contributed by atoms with Crippen LogP contribution in [-0.2, 0) is 11.2 Å². The van der Waals surface area contributed by atoms with E-state index < -0.39 is 0 Å². The number of hydrogen-bond acceptors (Lipinski definition) is 2. The first kappa shape index (κ1) is 13.6. The van der Waals surface area contributed by atoms with E-state index in [0.717, 1.165) is 38.9 Å².